The number of anilines is 1. The lowest BCUT2D eigenvalue weighted by Crippen LogP contribution is -2.17. The van der Waals surface area contributed by atoms with E-state index in [0.717, 1.165) is 11.1 Å². The molecule has 0 atom stereocenters. The topological polar surface area (TPSA) is 124 Å². The number of H-pyrrole nitrogens is 1. The average molecular weight is 493 g/mol. The van der Waals surface area contributed by atoms with Gasteiger partial charge in [-0.15, -0.1) is 0 Å². The van der Waals surface area contributed by atoms with Crippen LogP contribution in [0.5, 0.6) is 11.5 Å². The number of aromatic amines is 1. The molecular weight excluding hydrogens is 474 g/mol. The smallest absolute Gasteiger partial charge is 0.252 e. The number of benzene rings is 2. The zero-order chi connectivity index (χ0) is 25.2. The van der Waals surface area contributed by atoms with Crippen molar-refractivity contribution >= 4 is 17.8 Å². The van der Waals surface area contributed by atoms with Crippen molar-refractivity contribution in [2.75, 3.05) is 12.1 Å². The van der Waals surface area contributed by atoms with Crippen LogP contribution >= 0.6 is 0 Å². The van der Waals surface area contributed by atoms with Crippen molar-refractivity contribution in [1.29, 1.82) is 0 Å². The van der Waals surface area contributed by atoms with E-state index in [4.69, 9.17) is 13.9 Å². The zero-order valence-corrected chi connectivity index (χ0v) is 19.3. The molecule has 0 bridgehead atoms. The fourth-order valence-corrected chi connectivity index (χ4v) is 3.83. The Morgan fingerprint density at radius 3 is 2.68 bits per heavy atom. The van der Waals surface area contributed by atoms with Crippen LogP contribution in [-0.2, 0) is 4.79 Å². The summed E-state index contributed by atoms with van der Waals surface area (Å²) in [7, 11) is 0. The molecule has 10 nitrogen and oxygen atoms in total. The lowest BCUT2D eigenvalue weighted by Gasteiger charge is -2.08. The molecule has 2 N–H and O–H groups in total. The van der Waals surface area contributed by atoms with E-state index in [1.54, 1.807) is 36.4 Å². The highest BCUT2D eigenvalue weighted by molar-refractivity contribution is 6.01. The lowest BCUT2D eigenvalue weighted by atomic mass is 10.1. The highest BCUT2D eigenvalue weighted by atomic mass is 16.7. The van der Waals surface area contributed by atoms with Gasteiger partial charge in [-0.3, -0.25) is 14.6 Å². The number of fused-ring (bicyclic) bond motifs is 1. The number of carbonyl (C=O) groups is 1. The van der Waals surface area contributed by atoms with Crippen molar-refractivity contribution in [3.63, 3.8) is 0 Å². The minimum Gasteiger partial charge on any atom is -0.463 e. The third-order valence-electron chi connectivity index (χ3n) is 5.56. The maximum absolute atomic E-state index is 12.8. The number of furan rings is 1. The predicted octanol–water partition coefficient (Wildman–Crippen LogP) is 4.26. The second kappa shape index (κ2) is 9.34. The molecule has 0 radical (unpaired) electrons. The third-order valence-corrected chi connectivity index (χ3v) is 5.56. The maximum Gasteiger partial charge on any atom is 0.252 e. The summed E-state index contributed by atoms with van der Waals surface area (Å²) >= 11 is 0. The molecule has 5 aromatic rings. The Hall–Kier alpha value is -5.38. The summed E-state index contributed by atoms with van der Waals surface area (Å²) in [6.07, 6.45) is 4.57. The number of hydrogen-bond acceptors (Lipinski definition) is 7. The van der Waals surface area contributed by atoms with E-state index in [1.165, 1.54) is 23.1 Å². The molecule has 6 rings (SSSR count). The molecule has 1 aliphatic heterocycles. The molecule has 2 aromatic carbocycles. The van der Waals surface area contributed by atoms with Gasteiger partial charge in [-0.25, -0.2) is 4.98 Å². The van der Waals surface area contributed by atoms with E-state index in [0.29, 0.717) is 34.5 Å². The first-order chi connectivity index (χ1) is 18.1. The number of nitrogens with one attached hydrogen (secondary N) is 2. The second-order valence-electron chi connectivity index (χ2n) is 8.06. The molecule has 37 heavy (non-hydrogen) atoms. The molecule has 0 spiro atoms. The van der Waals surface area contributed by atoms with Gasteiger partial charge in [0.25, 0.3) is 5.56 Å². The van der Waals surface area contributed by atoms with Crippen LogP contribution < -0.4 is 20.3 Å². The number of ether oxygens (including phenoxy) is 2. The number of hydrogen-bond donors (Lipinski definition) is 2. The van der Waals surface area contributed by atoms with Crippen molar-refractivity contribution in [3.8, 4) is 40.2 Å². The van der Waals surface area contributed by atoms with E-state index in [1.807, 2.05) is 36.4 Å². The number of aromatic nitrogens is 4. The SMILES string of the molecule is O=C(/C=C\c1ccc2c(c1)OCO2)Nc1cc(-c2ccco2)nn1-c1nc(-c2ccccc2)cc(=O)[nH]1. The van der Waals surface area contributed by atoms with Crippen LogP contribution in [0.2, 0.25) is 0 Å². The zero-order valence-electron chi connectivity index (χ0n) is 19.3. The molecule has 0 fully saturated rings. The summed E-state index contributed by atoms with van der Waals surface area (Å²) in [4.78, 5) is 32.6. The fourth-order valence-electron chi connectivity index (χ4n) is 3.83. The fraction of sp³-hybridized carbons (Fsp3) is 0.0370. The van der Waals surface area contributed by atoms with Gasteiger partial charge in [0.1, 0.15) is 11.5 Å². The molecule has 10 heteroatoms. The summed E-state index contributed by atoms with van der Waals surface area (Å²) < 4.78 is 17.5. The van der Waals surface area contributed by atoms with Crippen LogP contribution in [0.25, 0.3) is 34.7 Å². The largest absolute Gasteiger partial charge is 0.463 e. The second-order valence-corrected chi connectivity index (χ2v) is 8.06. The molecular formula is C27H19N5O5. The molecule has 0 unspecified atom stereocenters. The van der Waals surface area contributed by atoms with Crippen molar-refractivity contribution in [1.82, 2.24) is 19.7 Å². The first kappa shape index (κ1) is 22.1. The number of nitrogens with zero attached hydrogens (tertiary/aromatic N) is 3. The highest BCUT2D eigenvalue weighted by Gasteiger charge is 2.17. The van der Waals surface area contributed by atoms with Crippen LogP contribution in [0.4, 0.5) is 5.82 Å². The van der Waals surface area contributed by atoms with E-state index < -0.39 is 5.91 Å². The highest BCUT2D eigenvalue weighted by Crippen LogP contribution is 2.33. The minimum absolute atomic E-state index is 0.138. The van der Waals surface area contributed by atoms with Crippen LogP contribution in [0.1, 0.15) is 5.56 Å². The van der Waals surface area contributed by atoms with Crippen LogP contribution in [-0.4, -0.2) is 32.4 Å². The van der Waals surface area contributed by atoms with E-state index in [-0.39, 0.29) is 18.3 Å². The van der Waals surface area contributed by atoms with E-state index >= 15 is 0 Å². The van der Waals surface area contributed by atoms with Gasteiger partial charge in [-0.05, 0) is 35.9 Å². The van der Waals surface area contributed by atoms with Crippen LogP contribution in [0, 0.1) is 0 Å². The number of amides is 1. The van der Waals surface area contributed by atoms with E-state index in [9.17, 15) is 9.59 Å². The summed E-state index contributed by atoms with van der Waals surface area (Å²) in [5.41, 5.74) is 2.09. The van der Waals surface area contributed by atoms with Gasteiger partial charge in [0, 0.05) is 23.8 Å². The number of rotatable bonds is 6. The maximum atomic E-state index is 12.8. The van der Waals surface area contributed by atoms with E-state index in [2.05, 4.69) is 20.4 Å². The molecule has 182 valence electrons. The molecule has 1 aliphatic rings. The molecule has 4 heterocycles. The van der Waals surface area contributed by atoms with Crippen LogP contribution in [0.3, 0.4) is 0 Å². The standard InChI is InChI=1S/C27H19N5O5/c33-25(11-9-17-8-10-22-23(13-17)37-16-36-22)29-24-14-20(21-7-4-12-35-21)31-32(24)27-28-19(15-26(34)30-27)18-5-2-1-3-6-18/h1-15H,16H2,(H,29,33)(H,28,30,34)/b11-9-. The van der Waals surface area contributed by atoms with Gasteiger partial charge in [0.15, 0.2) is 17.3 Å². The molecule has 1 amide bonds. The quantitative estimate of drug-likeness (QED) is 0.339. The Balaban J connectivity index is 1.33. The molecule has 3 aromatic heterocycles. The first-order valence-electron chi connectivity index (χ1n) is 11.3. The Kier molecular flexibility index (Phi) is 5.58. The summed E-state index contributed by atoms with van der Waals surface area (Å²) in [5, 5.41) is 7.34. The van der Waals surface area contributed by atoms with Gasteiger partial charge in [-0.1, -0.05) is 36.4 Å². The Bertz CT molecular complexity index is 1670. The number of carbonyl (C=O) groups excluding carboxylic acids is 1. The van der Waals surface area contributed by atoms with Gasteiger partial charge in [0.2, 0.25) is 18.6 Å². The Morgan fingerprint density at radius 1 is 0.973 bits per heavy atom. The summed E-state index contributed by atoms with van der Waals surface area (Å²) in [5.74, 6) is 1.80. The van der Waals surface area contributed by atoms with Crippen molar-refractivity contribution in [2.24, 2.45) is 0 Å². The third kappa shape index (κ3) is 4.63. The van der Waals surface area contributed by atoms with Crippen molar-refractivity contribution in [2.45, 2.75) is 0 Å². The molecule has 0 aliphatic carbocycles. The van der Waals surface area contributed by atoms with Gasteiger partial charge < -0.3 is 19.2 Å². The monoisotopic (exact) mass is 493 g/mol. The van der Waals surface area contributed by atoms with Gasteiger partial charge >= 0.3 is 0 Å². The minimum atomic E-state index is -0.411. The molecule has 0 saturated carbocycles. The van der Waals surface area contributed by atoms with Gasteiger partial charge in [0.05, 0.1) is 12.0 Å². The Labute approximate surface area is 209 Å². The molecule has 0 saturated heterocycles. The summed E-state index contributed by atoms with van der Waals surface area (Å²) in [6.45, 7) is 0.173. The van der Waals surface area contributed by atoms with Crippen LogP contribution in [0.15, 0.2) is 94.3 Å². The summed E-state index contributed by atoms with van der Waals surface area (Å²) in [6, 6.07) is 21.2. The first-order valence-corrected chi connectivity index (χ1v) is 11.3. The van der Waals surface area contributed by atoms with Gasteiger partial charge in [-0.2, -0.15) is 9.78 Å². The lowest BCUT2D eigenvalue weighted by molar-refractivity contribution is -0.111. The predicted molar refractivity (Wildman–Crippen MR) is 135 cm³/mol. The Morgan fingerprint density at radius 2 is 1.84 bits per heavy atom. The normalized spacial score (nSPS) is 12.2. The van der Waals surface area contributed by atoms with Crippen molar-refractivity contribution < 1.29 is 18.7 Å². The van der Waals surface area contributed by atoms with Crippen molar-refractivity contribution in [3.05, 3.63) is 101 Å². The average Bonchev–Trinajstić information content (AvgIpc) is 3.68.